The van der Waals surface area contributed by atoms with Crippen LogP contribution in [0.1, 0.15) is 18.4 Å². The van der Waals surface area contributed by atoms with E-state index in [0.29, 0.717) is 36.2 Å². The minimum Gasteiger partial charge on any atom is -0.488 e. The molecule has 0 amide bonds. The average Bonchev–Trinajstić information content (AvgIpc) is 3.31. The fourth-order valence-corrected chi connectivity index (χ4v) is 3.83. The summed E-state index contributed by atoms with van der Waals surface area (Å²) in [5.41, 5.74) is 4.41. The molecule has 4 aromatic rings. The quantitative estimate of drug-likeness (QED) is 0.464. The smallest absolute Gasteiger partial charge is 0.227 e. The number of rotatable bonds is 6. The molecular formula is C25H23N7O2. The van der Waals surface area contributed by atoms with E-state index in [-0.39, 0.29) is 6.10 Å². The molecule has 0 unspecified atom stereocenters. The molecule has 34 heavy (non-hydrogen) atoms. The summed E-state index contributed by atoms with van der Waals surface area (Å²) in [6, 6.07) is 13.3. The van der Waals surface area contributed by atoms with Crippen molar-refractivity contribution < 1.29 is 9.47 Å². The molecule has 0 atom stereocenters. The van der Waals surface area contributed by atoms with Crippen molar-refractivity contribution in [3.8, 4) is 34.3 Å². The number of ether oxygens (including phenoxy) is 2. The van der Waals surface area contributed by atoms with Gasteiger partial charge in [0, 0.05) is 55.3 Å². The number of hydrogen-bond donors (Lipinski definition) is 1. The maximum Gasteiger partial charge on any atom is 0.227 e. The van der Waals surface area contributed by atoms with Crippen molar-refractivity contribution in [3.63, 3.8) is 0 Å². The van der Waals surface area contributed by atoms with Crippen LogP contribution >= 0.6 is 0 Å². The molecular weight excluding hydrogens is 430 g/mol. The Labute approximate surface area is 197 Å². The monoisotopic (exact) mass is 453 g/mol. The zero-order valence-corrected chi connectivity index (χ0v) is 18.7. The summed E-state index contributed by atoms with van der Waals surface area (Å²) in [5, 5.41) is 17.1. The second kappa shape index (κ2) is 9.68. The van der Waals surface area contributed by atoms with E-state index < -0.39 is 0 Å². The number of nitrogens with one attached hydrogen (secondary N) is 1. The molecule has 4 heterocycles. The predicted molar refractivity (Wildman–Crippen MR) is 126 cm³/mol. The highest BCUT2D eigenvalue weighted by Crippen LogP contribution is 2.34. The second-order valence-electron chi connectivity index (χ2n) is 7.95. The van der Waals surface area contributed by atoms with Gasteiger partial charge in [-0.2, -0.15) is 10.4 Å². The van der Waals surface area contributed by atoms with Crippen molar-refractivity contribution in [3.05, 3.63) is 66.7 Å². The number of nitriles is 1. The molecule has 1 aromatic carbocycles. The maximum atomic E-state index is 9.68. The number of hydrogen-bond acceptors (Lipinski definition) is 8. The molecule has 0 aliphatic carbocycles. The van der Waals surface area contributed by atoms with E-state index >= 15 is 0 Å². The van der Waals surface area contributed by atoms with Crippen molar-refractivity contribution in [2.75, 3.05) is 18.5 Å². The van der Waals surface area contributed by atoms with Crippen LogP contribution in [0.2, 0.25) is 0 Å². The second-order valence-corrected chi connectivity index (χ2v) is 7.95. The lowest BCUT2D eigenvalue weighted by Crippen LogP contribution is -2.26. The Morgan fingerprint density at radius 1 is 1.12 bits per heavy atom. The zero-order valence-electron chi connectivity index (χ0n) is 18.7. The van der Waals surface area contributed by atoms with Gasteiger partial charge in [-0.25, -0.2) is 9.97 Å². The Balaban J connectivity index is 1.43. The molecule has 9 nitrogen and oxygen atoms in total. The van der Waals surface area contributed by atoms with E-state index in [1.165, 1.54) is 0 Å². The zero-order chi connectivity index (χ0) is 23.3. The van der Waals surface area contributed by atoms with E-state index in [2.05, 4.69) is 26.5 Å². The highest BCUT2D eigenvalue weighted by molar-refractivity contribution is 5.72. The summed E-state index contributed by atoms with van der Waals surface area (Å²) in [4.78, 5) is 13.5. The standard InChI is InChI=1S/C25H23N7O2/c1-32-16-18(15-29-32)23-13-19(5-9-27-23)30-25-28-10-6-22(31-25)21-4-2-3-17(14-26)24(21)34-20-7-11-33-12-8-20/h2-6,9-10,13,15-16,20H,7-8,11-12H2,1H3,(H,27,28,30,31). The first-order valence-corrected chi connectivity index (χ1v) is 11.0. The van der Waals surface area contributed by atoms with Gasteiger partial charge in [-0.3, -0.25) is 9.67 Å². The van der Waals surface area contributed by atoms with Crippen LogP contribution in [0.25, 0.3) is 22.5 Å². The first kappa shape index (κ1) is 21.6. The van der Waals surface area contributed by atoms with Crippen LogP contribution in [0.5, 0.6) is 5.75 Å². The maximum absolute atomic E-state index is 9.68. The third kappa shape index (κ3) is 4.72. The third-order valence-electron chi connectivity index (χ3n) is 5.54. The first-order chi connectivity index (χ1) is 16.7. The number of anilines is 2. The van der Waals surface area contributed by atoms with Gasteiger partial charge >= 0.3 is 0 Å². The van der Waals surface area contributed by atoms with Gasteiger partial charge in [0.25, 0.3) is 0 Å². The lowest BCUT2D eigenvalue weighted by atomic mass is 10.1. The summed E-state index contributed by atoms with van der Waals surface area (Å²) in [6.07, 6.45) is 8.67. The largest absolute Gasteiger partial charge is 0.488 e. The van der Waals surface area contributed by atoms with Gasteiger partial charge in [-0.15, -0.1) is 0 Å². The van der Waals surface area contributed by atoms with Gasteiger partial charge in [-0.05, 0) is 30.3 Å². The molecule has 1 aliphatic rings. The van der Waals surface area contributed by atoms with Crippen LogP contribution in [0.3, 0.4) is 0 Å². The fraction of sp³-hybridized carbons (Fsp3) is 0.240. The van der Waals surface area contributed by atoms with E-state index in [9.17, 15) is 5.26 Å². The van der Waals surface area contributed by atoms with Crippen LogP contribution in [-0.4, -0.2) is 44.1 Å². The van der Waals surface area contributed by atoms with Gasteiger partial charge in [0.05, 0.1) is 36.4 Å². The molecule has 1 fully saturated rings. The Morgan fingerprint density at radius 3 is 2.76 bits per heavy atom. The van der Waals surface area contributed by atoms with Gasteiger partial charge in [0.1, 0.15) is 17.9 Å². The summed E-state index contributed by atoms with van der Waals surface area (Å²) in [6.45, 7) is 1.31. The van der Waals surface area contributed by atoms with E-state index in [4.69, 9.17) is 14.5 Å². The van der Waals surface area contributed by atoms with E-state index in [1.54, 1.807) is 29.3 Å². The van der Waals surface area contributed by atoms with Crippen molar-refractivity contribution >= 4 is 11.6 Å². The third-order valence-corrected chi connectivity index (χ3v) is 5.54. The molecule has 3 aromatic heterocycles. The minimum atomic E-state index is 0.00384. The van der Waals surface area contributed by atoms with Crippen molar-refractivity contribution in [2.24, 2.45) is 7.05 Å². The van der Waals surface area contributed by atoms with Crippen molar-refractivity contribution in [2.45, 2.75) is 18.9 Å². The van der Waals surface area contributed by atoms with E-state index in [0.717, 1.165) is 35.3 Å². The van der Waals surface area contributed by atoms with Gasteiger partial charge < -0.3 is 14.8 Å². The highest BCUT2D eigenvalue weighted by Gasteiger charge is 2.20. The number of para-hydroxylation sites is 1. The van der Waals surface area contributed by atoms with Crippen LogP contribution in [0, 0.1) is 11.3 Å². The Morgan fingerprint density at radius 2 is 1.97 bits per heavy atom. The summed E-state index contributed by atoms with van der Waals surface area (Å²) >= 11 is 0. The fourth-order valence-electron chi connectivity index (χ4n) is 3.83. The Hall–Kier alpha value is -4.29. The summed E-state index contributed by atoms with van der Waals surface area (Å²) in [5.74, 6) is 0.976. The van der Waals surface area contributed by atoms with Crippen LogP contribution in [0.15, 0.2) is 61.2 Å². The summed E-state index contributed by atoms with van der Waals surface area (Å²) in [7, 11) is 1.87. The minimum absolute atomic E-state index is 0.00384. The molecule has 1 aliphatic heterocycles. The number of aryl methyl sites for hydroxylation is 1. The van der Waals surface area contributed by atoms with Gasteiger partial charge in [0.15, 0.2) is 0 Å². The molecule has 0 radical (unpaired) electrons. The van der Waals surface area contributed by atoms with Gasteiger partial charge in [-0.1, -0.05) is 6.07 Å². The average molecular weight is 454 g/mol. The lowest BCUT2D eigenvalue weighted by Gasteiger charge is -2.25. The molecule has 0 spiro atoms. The number of aromatic nitrogens is 5. The normalized spacial score (nSPS) is 13.9. The SMILES string of the molecule is Cn1cc(-c2cc(Nc3nccc(-c4cccc(C#N)c4OC4CCOCC4)n3)ccn2)cn1. The molecule has 9 heteroatoms. The number of pyridine rings is 1. The molecule has 0 saturated carbocycles. The predicted octanol–water partition coefficient (Wildman–Crippen LogP) is 4.11. The topological polar surface area (TPSA) is 111 Å². The van der Waals surface area contributed by atoms with E-state index in [1.807, 2.05) is 43.6 Å². The van der Waals surface area contributed by atoms with Crippen LogP contribution < -0.4 is 10.1 Å². The number of nitrogens with zero attached hydrogens (tertiary/aromatic N) is 6. The Bertz CT molecular complexity index is 1340. The highest BCUT2D eigenvalue weighted by atomic mass is 16.5. The molecule has 170 valence electrons. The van der Waals surface area contributed by atoms with Crippen LogP contribution in [-0.2, 0) is 11.8 Å². The van der Waals surface area contributed by atoms with Gasteiger partial charge in [0.2, 0.25) is 5.95 Å². The van der Waals surface area contributed by atoms with Crippen LogP contribution in [0.4, 0.5) is 11.6 Å². The molecule has 1 saturated heterocycles. The molecule has 5 rings (SSSR count). The summed E-state index contributed by atoms with van der Waals surface area (Å²) < 4.78 is 13.5. The van der Waals surface area contributed by atoms with Crippen molar-refractivity contribution in [1.82, 2.24) is 24.7 Å². The first-order valence-electron chi connectivity index (χ1n) is 11.0. The van der Waals surface area contributed by atoms with Crippen molar-refractivity contribution in [1.29, 1.82) is 5.26 Å². The lowest BCUT2D eigenvalue weighted by molar-refractivity contribution is 0.0257. The number of benzene rings is 1. The Kier molecular flexibility index (Phi) is 6.14. The molecule has 0 bridgehead atoms. The molecule has 1 N–H and O–H groups in total.